The van der Waals surface area contributed by atoms with Crippen molar-refractivity contribution in [2.75, 3.05) is 38.3 Å². The Morgan fingerprint density at radius 1 is 1.39 bits per heavy atom. The molecular weight excluding hydrogens is 254 g/mol. The number of aliphatic hydroxyl groups excluding tert-OH is 1. The highest BCUT2D eigenvalue weighted by molar-refractivity contribution is 7.99. The molecule has 0 unspecified atom stereocenters. The number of esters is 1. The second-order valence-corrected chi connectivity index (χ2v) is 5.41. The number of carbonyl (C=O) groups excluding carboxylic acids is 2. The molecule has 0 radical (unpaired) electrons. The Balaban J connectivity index is 2.21. The number of aliphatic hydroxyl groups is 1. The average Bonchev–Trinajstić information content (AvgIpc) is 2.42. The lowest BCUT2D eigenvalue weighted by Gasteiger charge is -2.30. The van der Waals surface area contributed by atoms with Crippen molar-refractivity contribution < 1.29 is 19.4 Å². The van der Waals surface area contributed by atoms with Crippen LogP contribution in [0.1, 0.15) is 19.3 Å². The van der Waals surface area contributed by atoms with Gasteiger partial charge >= 0.3 is 5.97 Å². The van der Waals surface area contributed by atoms with Gasteiger partial charge in [-0.05, 0) is 25.0 Å². The van der Waals surface area contributed by atoms with Gasteiger partial charge in [0.05, 0.1) is 18.8 Å². The quantitative estimate of drug-likeness (QED) is 0.565. The molecule has 0 aromatic heterocycles. The molecule has 0 aliphatic carbocycles. The lowest BCUT2D eigenvalue weighted by molar-refractivity contribution is -0.148. The third kappa shape index (κ3) is 4.86. The zero-order valence-corrected chi connectivity index (χ0v) is 11.6. The van der Waals surface area contributed by atoms with E-state index in [1.165, 1.54) is 7.11 Å². The molecule has 0 saturated carbocycles. The molecule has 1 saturated heterocycles. The molecule has 1 rings (SSSR count). The molecule has 1 aliphatic rings. The fourth-order valence-corrected chi connectivity index (χ4v) is 2.78. The Bertz CT molecular complexity index is 277. The smallest absolute Gasteiger partial charge is 0.308 e. The Morgan fingerprint density at radius 2 is 2.06 bits per heavy atom. The van der Waals surface area contributed by atoms with E-state index in [-0.39, 0.29) is 24.4 Å². The molecule has 5 nitrogen and oxygen atoms in total. The predicted octanol–water partition coefficient (Wildman–Crippen LogP) is 0.514. The normalized spacial score (nSPS) is 16.7. The first-order chi connectivity index (χ1) is 8.69. The molecule has 1 amide bonds. The van der Waals surface area contributed by atoms with Gasteiger partial charge in [-0.25, -0.2) is 0 Å². The second-order valence-electron chi connectivity index (χ2n) is 4.31. The topological polar surface area (TPSA) is 66.8 Å². The van der Waals surface area contributed by atoms with Gasteiger partial charge in [0, 0.05) is 19.7 Å². The number of carbonyl (C=O) groups is 2. The minimum Gasteiger partial charge on any atom is -0.469 e. The summed E-state index contributed by atoms with van der Waals surface area (Å²) < 4.78 is 4.71. The van der Waals surface area contributed by atoms with E-state index >= 15 is 0 Å². The van der Waals surface area contributed by atoms with E-state index in [1.807, 2.05) is 4.90 Å². The van der Waals surface area contributed by atoms with E-state index in [9.17, 15) is 9.59 Å². The van der Waals surface area contributed by atoms with E-state index in [2.05, 4.69) is 0 Å². The van der Waals surface area contributed by atoms with E-state index in [4.69, 9.17) is 9.84 Å². The van der Waals surface area contributed by atoms with Crippen molar-refractivity contribution in [1.29, 1.82) is 0 Å². The number of ether oxygens (including phenoxy) is 1. The summed E-state index contributed by atoms with van der Waals surface area (Å²) in [4.78, 5) is 25.0. The Hall–Kier alpha value is -0.750. The number of hydrogen-bond donors (Lipinski definition) is 1. The third-order valence-corrected chi connectivity index (χ3v) is 4.08. The zero-order chi connectivity index (χ0) is 13.4. The number of thioether (sulfide) groups is 1. The molecule has 18 heavy (non-hydrogen) atoms. The molecule has 1 aliphatic heterocycles. The number of amides is 1. The summed E-state index contributed by atoms with van der Waals surface area (Å²) in [5.74, 6) is 1.17. The Kier molecular flexibility index (Phi) is 7.12. The number of rotatable bonds is 6. The lowest BCUT2D eigenvalue weighted by Crippen LogP contribution is -2.41. The van der Waals surface area contributed by atoms with E-state index in [1.54, 1.807) is 11.8 Å². The van der Waals surface area contributed by atoms with Crippen LogP contribution in [0, 0.1) is 5.92 Å². The predicted molar refractivity (Wildman–Crippen MR) is 70.3 cm³/mol. The molecule has 104 valence electrons. The van der Waals surface area contributed by atoms with E-state index < -0.39 is 0 Å². The molecule has 1 heterocycles. The highest BCUT2D eigenvalue weighted by atomic mass is 32.2. The van der Waals surface area contributed by atoms with Crippen molar-refractivity contribution in [3.8, 4) is 0 Å². The summed E-state index contributed by atoms with van der Waals surface area (Å²) in [5.41, 5.74) is 0. The van der Waals surface area contributed by atoms with Gasteiger partial charge in [0.1, 0.15) is 0 Å². The van der Waals surface area contributed by atoms with Crippen molar-refractivity contribution >= 4 is 23.6 Å². The van der Waals surface area contributed by atoms with Gasteiger partial charge in [0.25, 0.3) is 0 Å². The number of likely N-dealkylation sites (tertiary alicyclic amines) is 1. The SMILES string of the molecule is COC(=O)C1CCN(C(=O)CSCCCO)CC1. The highest BCUT2D eigenvalue weighted by Crippen LogP contribution is 2.19. The maximum atomic E-state index is 11.8. The molecule has 0 spiro atoms. The molecule has 0 aromatic rings. The largest absolute Gasteiger partial charge is 0.469 e. The number of methoxy groups -OCH3 is 1. The zero-order valence-electron chi connectivity index (χ0n) is 10.8. The lowest BCUT2D eigenvalue weighted by atomic mass is 9.97. The second kappa shape index (κ2) is 8.37. The first-order valence-corrected chi connectivity index (χ1v) is 7.38. The van der Waals surface area contributed by atoms with Gasteiger partial charge in [-0.1, -0.05) is 0 Å². The summed E-state index contributed by atoms with van der Waals surface area (Å²) in [6, 6.07) is 0. The van der Waals surface area contributed by atoms with Crippen LogP contribution in [0.25, 0.3) is 0 Å². The van der Waals surface area contributed by atoms with Crippen molar-refractivity contribution in [3.63, 3.8) is 0 Å². The van der Waals surface area contributed by atoms with Crippen molar-refractivity contribution in [2.45, 2.75) is 19.3 Å². The van der Waals surface area contributed by atoms with Crippen LogP contribution >= 0.6 is 11.8 Å². The van der Waals surface area contributed by atoms with Crippen molar-refractivity contribution in [3.05, 3.63) is 0 Å². The fraction of sp³-hybridized carbons (Fsp3) is 0.833. The van der Waals surface area contributed by atoms with E-state index in [0.717, 1.165) is 12.2 Å². The van der Waals surface area contributed by atoms with Gasteiger partial charge in [-0.15, -0.1) is 0 Å². The summed E-state index contributed by atoms with van der Waals surface area (Å²) in [6.45, 7) is 1.45. The van der Waals surface area contributed by atoms with Crippen molar-refractivity contribution in [2.24, 2.45) is 5.92 Å². The van der Waals surface area contributed by atoms with Crippen LogP contribution in [0.4, 0.5) is 0 Å². The summed E-state index contributed by atoms with van der Waals surface area (Å²) in [5, 5.41) is 8.63. The Morgan fingerprint density at radius 3 is 2.61 bits per heavy atom. The van der Waals surface area contributed by atoms with Crippen LogP contribution in [0.15, 0.2) is 0 Å². The maximum Gasteiger partial charge on any atom is 0.308 e. The maximum absolute atomic E-state index is 11.8. The molecular formula is C12H21NO4S. The van der Waals surface area contributed by atoms with E-state index in [0.29, 0.717) is 31.7 Å². The first-order valence-electron chi connectivity index (χ1n) is 6.23. The average molecular weight is 275 g/mol. The molecule has 1 fully saturated rings. The minimum atomic E-state index is -0.167. The molecule has 0 aromatic carbocycles. The van der Waals surface area contributed by atoms with Gasteiger partial charge < -0.3 is 14.7 Å². The monoisotopic (exact) mass is 275 g/mol. The van der Waals surface area contributed by atoms with Crippen molar-refractivity contribution in [1.82, 2.24) is 4.90 Å². The molecule has 6 heteroatoms. The van der Waals surface area contributed by atoms with Crippen LogP contribution in [0.5, 0.6) is 0 Å². The van der Waals surface area contributed by atoms with Crippen LogP contribution in [0.3, 0.4) is 0 Å². The summed E-state index contributed by atoms with van der Waals surface area (Å²) >= 11 is 1.55. The van der Waals surface area contributed by atoms with Crippen LogP contribution < -0.4 is 0 Å². The van der Waals surface area contributed by atoms with Gasteiger partial charge in [0.2, 0.25) is 5.91 Å². The summed E-state index contributed by atoms with van der Waals surface area (Å²) in [7, 11) is 1.40. The van der Waals surface area contributed by atoms with Gasteiger partial charge in [-0.2, -0.15) is 11.8 Å². The molecule has 0 atom stereocenters. The fourth-order valence-electron chi connectivity index (χ4n) is 1.95. The minimum absolute atomic E-state index is 0.0545. The van der Waals surface area contributed by atoms with Gasteiger partial charge in [0.15, 0.2) is 0 Å². The van der Waals surface area contributed by atoms with Crippen LogP contribution in [0.2, 0.25) is 0 Å². The number of hydrogen-bond acceptors (Lipinski definition) is 5. The number of nitrogens with zero attached hydrogens (tertiary/aromatic N) is 1. The highest BCUT2D eigenvalue weighted by Gasteiger charge is 2.27. The molecule has 0 bridgehead atoms. The summed E-state index contributed by atoms with van der Waals surface area (Å²) in [6.07, 6.45) is 2.11. The van der Waals surface area contributed by atoms with Crippen LogP contribution in [-0.4, -0.2) is 60.2 Å². The van der Waals surface area contributed by atoms with Crippen LogP contribution in [-0.2, 0) is 14.3 Å². The number of piperidine rings is 1. The molecule has 1 N–H and O–H groups in total. The Labute approximate surface area is 112 Å². The third-order valence-electron chi connectivity index (χ3n) is 3.05. The first kappa shape index (κ1) is 15.3. The van der Waals surface area contributed by atoms with Gasteiger partial charge in [-0.3, -0.25) is 9.59 Å². The standard InChI is InChI=1S/C12H21NO4S/c1-17-12(16)10-3-5-13(6-4-10)11(15)9-18-8-2-7-14/h10,14H,2-9H2,1H3.